The number of hydrogen-bond donors (Lipinski definition) is 2. The van der Waals surface area contributed by atoms with Gasteiger partial charge in [0.05, 0.1) is 7.11 Å². The number of piperidine rings is 1. The van der Waals surface area contributed by atoms with Crippen molar-refractivity contribution >= 4 is 5.91 Å². The lowest BCUT2D eigenvalue weighted by Gasteiger charge is -2.23. The molecule has 0 unspecified atom stereocenters. The van der Waals surface area contributed by atoms with Gasteiger partial charge in [-0.1, -0.05) is 0 Å². The van der Waals surface area contributed by atoms with E-state index in [1.54, 1.807) is 31.4 Å². The summed E-state index contributed by atoms with van der Waals surface area (Å²) in [7, 11) is 1.61. The molecule has 0 spiro atoms. The van der Waals surface area contributed by atoms with Crippen LogP contribution in [0.4, 0.5) is 0 Å². The van der Waals surface area contributed by atoms with Crippen LogP contribution in [0.1, 0.15) is 23.2 Å². The maximum Gasteiger partial charge on any atom is 0.251 e. The van der Waals surface area contributed by atoms with Gasteiger partial charge in [-0.25, -0.2) is 0 Å². The highest BCUT2D eigenvalue weighted by Crippen LogP contribution is 2.11. The fraction of sp³-hybridized carbons (Fsp3) is 0.462. The van der Waals surface area contributed by atoms with Crippen LogP contribution < -0.4 is 15.4 Å². The molecule has 0 saturated carbocycles. The SMILES string of the molecule is COc1ccc(C(=O)N[C@H]2CCCNC2)cc1. The van der Waals surface area contributed by atoms with Gasteiger partial charge in [0.2, 0.25) is 0 Å². The average molecular weight is 234 g/mol. The summed E-state index contributed by atoms with van der Waals surface area (Å²) in [4.78, 5) is 11.9. The topological polar surface area (TPSA) is 50.4 Å². The van der Waals surface area contributed by atoms with Crippen molar-refractivity contribution in [1.82, 2.24) is 10.6 Å². The second kappa shape index (κ2) is 5.68. The van der Waals surface area contributed by atoms with E-state index in [9.17, 15) is 4.79 Å². The fourth-order valence-corrected chi connectivity index (χ4v) is 1.99. The van der Waals surface area contributed by atoms with E-state index in [-0.39, 0.29) is 11.9 Å². The Kier molecular flexibility index (Phi) is 3.98. The molecule has 4 nitrogen and oxygen atoms in total. The van der Waals surface area contributed by atoms with Gasteiger partial charge in [-0.05, 0) is 43.7 Å². The first-order chi connectivity index (χ1) is 8.29. The molecular weight excluding hydrogens is 216 g/mol. The van der Waals surface area contributed by atoms with Crippen LogP contribution in [-0.2, 0) is 0 Å². The van der Waals surface area contributed by atoms with Crippen LogP contribution in [-0.4, -0.2) is 32.1 Å². The summed E-state index contributed by atoms with van der Waals surface area (Å²) < 4.78 is 5.06. The Bertz CT molecular complexity index is 370. The maximum atomic E-state index is 11.9. The summed E-state index contributed by atoms with van der Waals surface area (Å²) in [5, 5.41) is 6.31. The molecule has 1 aliphatic rings. The van der Waals surface area contributed by atoms with E-state index in [0.717, 1.165) is 31.7 Å². The van der Waals surface area contributed by atoms with Crippen LogP contribution >= 0.6 is 0 Å². The second-order valence-electron chi connectivity index (χ2n) is 4.25. The van der Waals surface area contributed by atoms with Crippen molar-refractivity contribution in [3.8, 4) is 5.75 Å². The normalized spacial score (nSPS) is 19.7. The molecule has 0 aromatic heterocycles. The summed E-state index contributed by atoms with van der Waals surface area (Å²) in [6.07, 6.45) is 2.17. The summed E-state index contributed by atoms with van der Waals surface area (Å²) in [5.41, 5.74) is 0.677. The van der Waals surface area contributed by atoms with Gasteiger partial charge in [0, 0.05) is 18.2 Å². The Labute approximate surface area is 101 Å². The molecule has 92 valence electrons. The van der Waals surface area contributed by atoms with E-state index in [4.69, 9.17) is 4.74 Å². The minimum Gasteiger partial charge on any atom is -0.497 e. The van der Waals surface area contributed by atoms with Gasteiger partial charge in [0.15, 0.2) is 0 Å². The van der Waals surface area contributed by atoms with E-state index in [1.165, 1.54) is 0 Å². The lowest BCUT2D eigenvalue weighted by molar-refractivity contribution is 0.0930. The lowest BCUT2D eigenvalue weighted by atomic mass is 10.1. The van der Waals surface area contributed by atoms with Crippen molar-refractivity contribution in [1.29, 1.82) is 0 Å². The van der Waals surface area contributed by atoms with Gasteiger partial charge in [0.1, 0.15) is 5.75 Å². The number of benzene rings is 1. The summed E-state index contributed by atoms with van der Waals surface area (Å²) in [5.74, 6) is 0.752. The third-order valence-electron chi connectivity index (χ3n) is 2.98. The zero-order valence-corrected chi connectivity index (χ0v) is 10.0. The van der Waals surface area contributed by atoms with Crippen LogP contribution in [0.2, 0.25) is 0 Å². The molecule has 0 radical (unpaired) electrons. The molecule has 1 amide bonds. The molecule has 1 saturated heterocycles. The summed E-state index contributed by atoms with van der Waals surface area (Å²) >= 11 is 0. The molecule has 1 atom stereocenters. The minimum absolute atomic E-state index is 0.0126. The Hall–Kier alpha value is -1.55. The van der Waals surface area contributed by atoms with Crippen molar-refractivity contribution in [2.24, 2.45) is 0 Å². The van der Waals surface area contributed by atoms with E-state index >= 15 is 0 Å². The summed E-state index contributed by atoms with van der Waals surface area (Å²) in [6.45, 7) is 1.91. The number of ether oxygens (including phenoxy) is 1. The number of amides is 1. The van der Waals surface area contributed by atoms with Crippen molar-refractivity contribution in [2.75, 3.05) is 20.2 Å². The minimum atomic E-state index is -0.0126. The molecule has 17 heavy (non-hydrogen) atoms. The first kappa shape index (κ1) is 11.9. The first-order valence-electron chi connectivity index (χ1n) is 5.95. The predicted molar refractivity (Wildman–Crippen MR) is 66.4 cm³/mol. The van der Waals surface area contributed by atoms with Crippen LogP contribution in [0, 0.1) is 0 Å². The van der Waals surface area contributed by atoms with Gasteiger partial charge in [-0.2, -0.15) is 0 Å². The quantitative estimate of drug-likeness (QED) is 0.825. The highest BCUT2D eigenvalue weighted by molar-refractivity contribution is 5.94. The zero-order chi connectivity index (χ0) is 12.1. The molecule has 0 aliphatic carbocycles. The lowest BCUT2D eigenvalue weighted by Crippen LogP contribution is -2.45. The number of carbonyl (C=O) groups excluding carboxylic acids is 1. The highest BCUT2D eigenvalue weighted by Gasteiger charge is 2.16. The fourth-order valence-electron chi connectivity index (χ4n) is 1.99. The Balaban J connectivity index is 1.93. The number of carbonyl (C=O) groups is 1. The average Bonchev–Trinajstić information content (AvgIpc) is 2.40. The molecule has 1 aromatic carbocycles. The van der Waals surface area contributed by atoms with Crippen molar-refractivity contribution < 1.29 is 9.53 Å². The van der Waals surface area contributed by atoms with E-state index < -0.39 is 0 Å². The molecule has 2 N–H and O–H groups in total. The van der Waals surface area contributed by atoms with Gasteiger partial charge in [0.25, 0.3) is 5.91 Å². The third kappa shape index (κ3) is 3.20. The number of rotatable bonds is 3. The number of hydrogen-bond acceptors (Lipinski definition) is 3. The Morgan fingerprint density at radius 1 is 1.41 bits per heavy atom. The van der Waals surface area contributed by atoms with E-state index in [0.29, 0.717) is 5.56 Å². The molecular formula is C13H18N2O2. The smallest absolute Gasteiger partial charge is 0.251 e. The predicted octanol–water partition coefficient (Wildman–Crippen LogP) is 1.18. The first-order valence-corrected chi connectivity index (χ1v) is 5.95. The van der Waals surface area contributed by atoms with Gasteiger partial charge >= 0.3 is 0 Å². The second-order valence-corrected chi connectivity index (χ2v) is 4.25. The molecule has 1 heterocycles. The monoisotopic (exact) mass is 234 g/mol. The van der Waals surface area contributed by atoms with Crippen LogP contribution in [0.3, 0.4) is 0 Å². The Morgan fingerprint density at radius 2 is 2.18 bits per heavy atom. The van der Waals surface area contributed by atoms with Gasteiger partial charge < -0.3 is 15.4 Å². The van der Waals surface area contributed by atoms with Crippen LogP contribution in [0.15, 0.2) is 24.3 Å². The van der Waals surface area contributed by atoms with Crippen molar-refractivity contribution in [2.45, 2.75) is 18.9 Å². The Morgan fingerprint density at radius 3 is 2.76 bits per heavy atom. The van der Waals surface area contributed by atoms with Gasteiger partial charge in [-0.3, -0.25) is 4.79 Å². The van der Waals surface area contributed by atoms with Crippen LogP contribution in [0.5, 0.6) is 5.75 Å². The molecule has 0 bridgehead atoms. The standard InChI is InChI=1S/C13H18N2O2/c1-17-12-6-4-10(5-7-12)13(16)15-11-3-2-8-14-9-11/h4-7,11,14H,2-3,8-9H2,1H3,(H,15,16)/t11-/m0/s1. The number of nitrogens with one attached hydrogen (secondary N) is 2. The molecule has 2 rings (SSSR count). The van der Waals surface area contributed by atoms with Crippen molar-refractivity contribution in [3.05, 3.63) is 29.8 Å². The van der Waals surface area contributed by atoms with Crippen molar-refractivity contribution in [3.63, 3.8) is 0 Å². The molecule has 1 fully saturated rings. The zero-order valence-electron chi connectivity index (χ0n) is 10.0. The summed E-state index contributed by atoms with van der Waals surface area (Å²) in [6, 6.07) is 7.41. The van der Waals surface area contributed by atoms with Gasteiger partial charge in [-0.15, -0.1) is 0 Å². The van der Waals surface area contributed by atoms with E-state index in [1.807, 2.05) is 0 Å². The number of methoxy groups -OCH3 is 1. The molecule has 1 aliphatic heterocycles. The molecule has 4 heteroatoms. The molecule has 1 aromatic rings. The largest absolute Gasteiger partial charge is 0.497 e. The highest BCUT2D eigenvalue weighted by atomic mass is 16.5. The van der Waals surface area contributed by atoms with E-state index in [2.05, 4.69) is 10.6 Å². The third-order valence-corrected chi connectivity index (χ3v) is 2.98. The van der Waals surface area contributed by atoms with Crippen LogP contribution in [0.25, 0.3) is 0 Å². The maximum absolute atomic E-state index is 11.9.